The largest absolute Gasteiger partial charge is 0.465 e. The Kier molecular flexibility index (Phi) is 6.78. The summed E-state index contributed by atoms with van der Waals surface area (Å²) in [4.78, 5) is 14.8. The van der Waals surface area contributed by atoms with Gasteiger partial charge in [0.05, 0.1) is 12.2 Å². The van der Waals surface area contributed by atoms with Gasteiger partial charge < -0.3 is 25.2 Å². The maximum Gasteiger partial charge on any atom is 0.407 e. The number of aliphatic hydroxyl groups is 1. The van der Waals surface area contributed by atoms with E-state index in [2.05, 4.69) is 22.4 Å². The van der Waals surface area contributed by atoms with Crippen LogP contribution >= 0.6 is 0 Å². The minimum Gasteiger partial charge on any atom is -0.465 e. The van der Waals surface area contributed by atoms with Gasteiger partial charge in [-0.3, -0.25) is 4.90 Å². The lowest BCUT2D eigenvalue weighted by molar-refractivity contribution is -0.0375. The number of nitrogens with zero attached hydrogens (tertiary/aromatic N) is 2. The molecule has 7 nitrogen and oxygen atoms in total. The molecule has 2 heterocycles. The van der Waals surface area contributed by atoms with Crippen molar-refractivity contribution in [3.63, 3.8) is 0 Å². The lowest BCUT2D eigenvalue weighted by Gasteiger charge is -2.39. The van der Waals surface area contributed by atoms with Crippen LogP contribution in [0.4, 0.5) is 4.79 Å². The predicted molar refractivity (Wildman–Crippen MR) is 104 cm³/mol. The summed E-state index contributed by atoms with van der Waals surface area (Å²) in [7, 11) is 1.74. The van der Waals surface area contributed by atoms with E-state index in [1.165, 1.54) is 16.2 Å². The monoisotopic (exact) mass is 379 g/mol. The maximum atomic E-state index is 11.0. The zero-order valence-electron chi connectivity index (χ0n) is 16.3. The van der Waals surface area contributed by atoms with Crippen LogP contribution in [-0.2, 0) is 4.74 Å². The van der Waals surface area contributed by atoms with Crippen molar-refractivity contribution in [2.24, 2.45) is 0 Å². The van der Waals surface area contributed by atoms with Crippen LogP contribution in [-0.4, -0.2) is 84.2 Å². The molecule has 27 heavy (non-hydrogen) atoms. The van der Waals surface area contributed by atoms with Gasteiger partial charge in [-0.05, 0) is 44.1 Å². The summed E-state index contributed by atoms with van der Waals surface area (Å²) >= 11 is 0. The van der Waals surface area contributed by atoms with Gasteiger partial charge in [-0.15, -0.1) is 0 Å². The Balaban J connectivity index is 1.47. The minimum atomic E-state index is -0.888. The Hall–Kier alpha value is -1.57. The predicted octanol–water partition coefficient (Wildman–Crippen LogP) is 1.80. The van der Waals surface area contributed by atoms with Crippen molar-refractivity contribution in [1.29, 1.82) is 0 Å². The van der Waals surface area contributed by atoms with Crippen molar-refractivity contribution >= 4 is 6.09 Å². The molecule has 0 aromatic rings. The normalized spacial score (nSPS) is 25.9. The van der Waals surface area contributed by atoms with Gasteiger partial charge in [0.15, 0.2) is 0 Å². The van der Waals surface area contributed by atoms with Gasteiger partial charge in [-0.1, -0.05) is 12.2 Å². The topological polar surface area (TPSA) is 85.3 Å². The van der Waals surface area contributed by atoms with Crippen LogP contribution in [0.3, 0.4) is 0 Å². The van der Waals surface area contributed by atoms with E-state index in [0.29, 0.717) is 38.5 Å². The van der Waals surface area contributed by atoms with E-state index in [9.17, 15) is 9.90 Å². The number of β-amino-alcohol motifs (C(OH)–C–C–N with tert-alkyl or cyclic N) is 1. The second kappa shape index (κ2) is 9.08. The fraction of sp³-hybridized carbons (Fsp3) is 0.750. The average molecular weight is 380 g/mol. The van der Waals surface area contributed by atoms with E-state index in [-0.39, 0.29) is 0 Å². The molecule has 1 amide bonds. The highest BCUT2D eigenvalue weighted by Crippen LogP contribution is 2.26. The van der Waals surface area contributed by atoms with Crippen LogP contribution in [0.25, 0.3) is 0 Å². The molecule has 0 aromatic carbocycles. The van der Waals surface area contributed by atoms with Gasteiger partial charge >= 0.3 is 6.09 Å². The number of hydrogen-bond acceptors (Lipinski definition) is 5. The number of allylic oxidation sites excluding steroid dienone is 3. The summed E-state index contributed by atoms with van der Waals surface area (Å²) in [5.74, 6) is 0. The zero-order chi connectivity index (χ0) is 19.3. The van der Waals surface area contributed by atoms with Crippen LogP contribution < -0.4 is 5.32 Å². The van der Waals surface area contributed by atoms with Crippen molar-refractivity contribution in [3.05, 3.63) is 23.4 Å². The summed E-state index contributed by atoms with van der Waals surface area (Å²) in [5, 5.41) is 23.6. The number of hydrogen-bond donors (Lipinski definition) is 3. The SMILES string of the molecule is COCCC1=CCCC=C1N[C@H]1CCN(CC2(O)CCN(C(=O)O)CC2)C1. The van der Waals surface area contributed by atoms with E-state index < -0.39 is 11.7 Å². The average Bonchev–Trinajstić information content (AvgIpc) is 3.07. The molecule has 0 saturated carbocycles. The number of likely N-dealkylation sites (tertiary alicyclic amines) is 2. The van der Waals surface area contributed by atoms with E-state index in [0.717, 1.165) is 45.4 Å². The van der Waals surface area contributed by atoms with Gasteiger partial charge in [0.2, 0.25) is 0 Å². The zero-order valence-corrected chi connectivity index (χ0v) is 16.3. The molecule has 3 N–H and O–H groups in total. The molecule has 2 saturated heterocycles. The molecular formula is C20H33N3O4. The van der Waals surface area contributed by atoms with Crippen molar-refractivity contribution in [2.45, 2.75) is 50.2 Å². The highest BCUT2D eigenvalue weighted by molar-refractivity contribution is 5.65. The molecule has 0 unspecified atom stereocenters. The molecule has 0 radical (unpaired) electrons. The van der Waals surface area contributed by atoms with Crippen molar-refractivity contribution in [2.75, 3.05) is 46.4 Å². The molecule has 3 aliphatic rings. The summed E-state index contributed by atoms with van der Waals surface area (Å²) in [6, 6.07) is 0.392. The second-order valence-corrected chi connectivity index (χ2v) is 8.03. The smallest absolute Gasteiger partial charge is 0.407 e. The fourth-order valence-corrected chi connectivity index (χ4v) is 4.33. The van der Waals surface area contributed by atoms with Crippen LogP contribution in [0.2, 0.25) is 0 Å². The molecule has 2 aliphatic heterocycles. The molecule has 3 rings (SSSR count). The fourth-order valence-electron chi connectivity index (χ4n) is 4.33. The Morgan fingerprint density at radius 1 is 1.30 bits per heavy atom. The first-order valence-corrected chi connectivity index (χ1v) is 10.1. The van der Waals surface area contributed by atoms with E-state index in [4.69, 9.17) is 9.84 Å². The lowest BCUT2D eigenvalue weighted by atomic mass is 9.91. The van der Waals surface area contributed by atoms with Crippen LogP contribution in [0, 0.1) is 0 Å². The number of piperidine rings is 1. The van der Waals surface area contributed by atoms with Crippen LogP contribution in [0.5, 0.6) is 0 Å². The number of carbonyl (C=O) groups is 1. The lowest BCUT2D eigenvalue weighted by Crippen LogP contribution is -2.51. The number of nitrogens with one attached hydrogen (secondary N) is 1. The number of rotatable bonds is 7. The first-order chi connectivity index (χ1) is 13.0. The molecule has 7 heteroatoms. The number of methoxy groups -OCH3 is 1. The van der Waals surface area contributed by atoms with Gasteiger partial charge in [0.25, 0.3) is 0 Å². The molecule has 0 spiro atoms. The third-order valence-corrected chi connectivity index (χ3v) is 5.94. The third-order valence-electron chi connectivity index (χ3n) is 5.94. The van der Waals surface area contributed by atoms with E-state index in [1.807, 2.05) is 0 Å². The van der Waals surface area contributed by atoms with Gasteiger partial charge in [0, 0.05) is 51.6 Å². The summed E-state index contributed by atoms with van der Waals surface area (Å²) in [6.45, 7) is 4.09. The Morgan fingerprint density at radius 3 is 2.74 bits per heavy atom. The quantitative estimate of drug-likeness (QED) is 0.625. The van der Waals surface area contributed by atoms with Gasteiger partial charge in [-0.2, -0.15) is 0 Å². The second-order valence-electron chi connectivity index (χ2n) is 8.03. The number of amides is 1. The standard InChI is InChI=1S/C20H33N3O4/c1-27-13-7-16-4-2-3-5-18(16)21-17-6-10-22(14-17)15-20(26)8-11-23(12-9-20)19(24)25/h4-5,17,21,26H,2-3,6-15H2,1H3,(H,24,25)/t17-/m0/s1. The van der Waals surface area contributed by atoms with Crippen LogP contribution in [0.1, 0.15) is 38.5 Å². The Bertz CT molecular complexity index is 582. The van der Waals surface area contributed by atoms with Crippen molar-refractivity contribution in [1.82, 2.24) is 15.1 Å². The third kappa shape index (κ3) is 5.46. The highest BCUT2D eigenvalue weighted by Gasteiger charge is 2.37. The maximum absolute atomic E-state index is 11.0. The molecule has 0 aromatic heterocycles. The van der Waals surface area contributed by atoms with Crippen LogP contribution in [0.15, 0.2) is 23.4 Å². The van der Waals surface area contributed by atoms with Crippen molar-refractivity contribution < 1.29 is 19.7 Å². The summed E-state index contributed by atoms with van der Waals surface area (Å²) in [6.07, 6.45) is 8.93. The first-order valence-electron chi connectivity index (χ1n) is 10.1. The summed E-state index contributed by atoms with van der Waals surface area (Å²) in [5.41, 5.74) is 1.83. The number of ether oxygens (including phenoxy) is 1. The van der Waals surface area contributed by atoms with Gasteiger partial charge in [0.1, 0.15) is 0 Å². The first kappa shape index (κ1) is 20.2. The molecular weight excluding hydrogens is 346 g/mol. The van der Waals surface area contributed by atoms with E-state index >= 15 is 0 Å². The Morgan fingerprint density at radius 2 is 2.04 bits per heavy atom. The van der Waals surface area contributed by atoms with Gasteiger partial charge in [-0.25, -0.2) is 4.79 Å². The number of carboxylic acid groups (broad SMARTS) is 1. The molecule has 1 aliphatic carbocycles. The molecule has 1 atom stereocenters. The molecule has 0 bridgehead atoms. The Labute approximate surface area is 161 Å². The van der Waals surface area contributed by atoms with Crippen molar-refractivity contribution in [3.8, 4) is 0 Å². The molecule has 152 valence electrons. The van der Waals surface area contributed by atoms with E-state index in [1.54, 1.807) is 7.11 Å². The molecule has 2 fully saturated rings. The highest BCUT2D eigenvalue weighted by atomic mass is 16.5. The summed E-state index contributed by atoms with van der Waals surface area (Å²) < 4.78 is 5.23. The minimum absolute atomic E-state index is 0.392.